The largest absolute Gasteiger partial charge is 0.322 e. The maximum absolute atomic E-state index is 12.1. The standard InChI is InChI=1S/C16H16N4O/c17-7-3-9-20(10-4-8-18)12-14-11-13-5-1-2-6-15(13)19-16(14)21/h1-2,5-6,11H,3-4,9-10,12H2,(H,19,21). The van der Waals surface area contributed by atoms with Crippen LogP contribution in [0.15, 0.2) is 35.1 Å². The van der Waals surface area contributed by atoms with Gasteiger partial charge in [0.15, 0.2) is 0 Å². The number of para-hydroxylation sites is 1. The molecule has 5 heteroatoms. The Bertz CT molecular complexity index is 733. The van der Waals surface area contributed by atoms with Crippen LogP contribution in [0.2, 0.25) is 0 Å². The van der Waals surface area contributed by atoms with E-state index >= 15 is 0 Å². The van der Waals surface area contributed by atoms with E-state index in [-0.39, 0.29) is 5.56 Å². The number of rotatable bonds is 6. The minimum absolute atomic E-state index is 0.118. The third kappa shape index (κ3) is 3.92. The third-order valence-corrected chi connectivity index (χ3v) is 3.30. The zero-order chi connectivity index (χ0) is 15.1. The first-order chi connectivity index (χ1) is 10.2. The lowest BCUT2D eigenvalue weighted by Crippen LogP contribution is -2.28. The summed E-state index contributed by atoms with van der Waals surface area (Å²) in [6, 6.07) is 13.7. The van der Waals surface area contributed by atoms with Gasteiger partial charge in [0.1, 0.15) is 0 Å². The SMILES string of the molecule is N#CCCN(CCC#N)Cc1cc2ccccc2[nH]c1=O. The van der Waals surface area contributed by atoms with Crippen molar-refractivity contribution in [3.8, 4) is 12.1 Å². The van der Waals surface area contributed by atoms with Crippen LogP contribution in [0.3, 0.4) is 0 Å². The number of benzene rings is 1. The van der Waals surface area contributed by atoms with Gasteiger partial charge < -0.3 is 4.98 Å². The van der Waals surface area contributed by atoms with E-state index in [0.717, 1.165) is 10.9 Å². The number of hydrogen-bond acceptors (Lipinski definition) is 4. The van der Waals surface area contributed by atoms with E-state index in [1.165, 1.54) is 0 Å². The average Bonchev–Trinajstić information content (AvgIpc) is 2.50. The minimum atomic E-state index is -0.118. The predicted octanol–water partition coefficient (Wildman–Crippen LogP) is 2.16. The molecular formula is C16H16N4O. The van der Waals surface area contributed by atoms with E-state index in [4.69, 9.17) is 10.5 Å². The van der Waals surface area contributed by atoms with E-state index < -0.39 is 0 Å². The molecule has 0 saturated carbocycles. The van der Waals surface area contributed by atoms with Gasteiger partial charge in [-0.2, -0.15) is 10.5 Å². The monoisotopic (exact) mass is 280 g/mol. The van der Waals surface area contributed by atoms with Gasteiger partial charge >= 0.3 is 0 Å². The lowest BCUT2D eigenvalue weighted by atomic mass is 10.1. The molecule has 0 fully saturated rings. The fourth-order valence-corrected chi connectivity index (χ4v) is 2.24. The van der Waals surface area contributed by atoms with Crippen molar-refractivity contribution < 1.29 is 0 Å². The Morgan fingerprint density at radius 2 is 1.76 bits per heavy atom. The maximum Gasteiger partial charge on any atom is 0.252 e. The molecule has 5 nitrogen and oxygen atoms in total. The summed E-state index contributed by atoms with van der Waals surface area (Å²) in [4.78, 5) is 16.9. The Kier molecular flexibility index (Phi) is 5.09. The summed E-state index contributed by atoms with van der Waals surface area (Å²) in [7, 11) is 0. The highest BCUT2D eigenvalue weighted by Crippen LogP contribution is 2.11. The zero-order valence-electron chi connectivity index (χ0n) is 11.7. The Morgan fingerprint density at radius 1 is 1.10 bits per heavy atom. The second kappa shape index (κ2) is 7.23. The highest BCUT2D eigenvalue weighted by Gasteiger charge is 2.09. The molecule has 0 aliphatic heterocycles. The van der Waals surface area contributed by atoms with Crippen molar-refractivity contribution in [1.82, 2.24) is 9.88 Å². The number of fused-ring (bicyclic) bond motifs is 1. The topological polar surface area (TPSA) is 83.7 Å². The Labute approximate surface area is 123 Å². The molecule has 0 unspecified atom stereocenters. The number of pyridine rings is 1. The molecular weight excluding hydrogens is 264 g/mol. The van der Waals surface area contributed by atoms with Crippen LogP contribution in [0, 0.1) is 22.7 Å². The molecule has 0 atom stereocenters. The van der Waals surface area contributed by atoms with Crippen molar-refractivity contribution in [1.29, 1.82) is 10.5 Å². The first kappa shape index (κ1) is 14.8. The molecule has 21 heavy (non-hydrogen) atoms. The molecule has 0 saturated heterocycles. The first-order valence-electron chi connectivity index (χ1n) is 6.82. The van der Waals surface area contributed by atoms with E-state index in [9.17, 15) is 4.79 Å². The van der Waals surface area contributed by atoms with Crippen molar-refractivity contribution in [3.63, 3.8) is 0 Å². The molecule has 1 heterocycles. The van der Waals surface area contributed by atoms with Gasteiger partial charge in [-0.3, -0.25) is 9.69 Å². The summed E-state index contributed by atoms with van der Waals surface area (Å²) in [6.45, 7) is 1.57. The summed E-state index contributed by atoms with van der Waals surface area (Å²) < 4.78 is 0. The summed E-state index contributed by atoms with van der Waals surface area (Å²) in [5, 5.41) is 18.4. The van der Waals surface area contributed by atoms with Gasteiger partial charge in [-0.05, 0) is 17.5 Å². The molecule has 2 rings (SSSR count). The van der Waals surface area contributed by atoms with Crippen LogP contribution in [0.5, 0.6) is 0 Å². The molecule has 0 aliphatic carbocycles. The van der Waals surface area contributed by atoms with Gasteiger partial charge in [0.2, 0.25) is 0 Å². The van der Waals surface area contributed by atoms with Crippen LogP contribution in [-0.4, -0.2) is 23.0 Å². The summed E-state index contributed by atoms with van der Waals surface area (Å²) >= 11 is 0. The predicted molar refractivity (Wildman–Crippen MR) is 80.3 cm³/mol. The van der Waals surface area contributed by atoms with Gasteiger partial charge in [0.25, 0.3) is 5.56 Å². The van der Waals surface area contributed by atoms with Gasteiger partial charge in [0.05, 0.1) is 12.1 Å². The number of aromatic amines is 1. The summed E-state index contributed by atoms with van der Waals surface area (Å²) in [5.41, 5.74) is 1.35. The maximum atomic E-state index is 12.1. The highest BCUT2D eigenvalue weighted by molar-refractivity contribution is 5.78. The smallest absolute Gasteiger partial charge is 0.252 e. The number of nitrogens with zero attached hydrogens (tertiary/aromatic N) is 3. The molecule has 0 spiro atoms. The van der Waals surface area contributed by atoms with Gasteiger partial charge in [-0.25, -0.2) is 0 Å². The average molecular weight is 280 g/mol. The van der Waals surface area contributed by atoms with Gasteiger partial charge in [0, 0.05) is 43.6 Å². The van der Waals surface area contributed by atoms with Gasteiger partial charge in [-0.1, -0.05) is 18.2 Å². The van der Waals surface area contributed by atoms with E-state index in [1.807, 2.05) is 35.2 Å². The normalized spacial score (nSPS) is 10.4. The van der Waals surface area contributed by atoms with Crippen LogP contribution in [-0.2, 0) is 6.54 Å². The number of H-pyrrole nitrogens is 1. The fourth-order valence-electron chi connectivity index (χ4n) is 2.24. The molecule has 0 bridgehead atoms. The minimum Gasteiger partial charge on any atom is -0.322 e. The number of aromatic nitrogens is 1. The Morgan fingerprint density at radius 3 is 2.43 bits per heavy atom. The van der Waals surface area contributed by atoms with E-state index in [2.05, 4.69) is 17.1 Å². The van der Waals surface area contributed by atoms with Crippen LogP contribution in [0.4, 0.5) is 0 Å². The van der Waals surface area contributed by atoms with Crippen LogP contribution in [0.25, 0.3) is 10.9 Å². The first-order valence-corrected chi connectivity index (χ1v) is 6.82. The van der Waals surface area contributed by atoms with Crippen molar-refractivity contribution in [2.45, 2.75) is 19.4 Å². The Balaban J connectivity index is 2.23. The molecule has 0 aliphatic rings. The van der Waals surface area contributed by atoms with Gasteiger partial charge in [-0.15, -0.1) is 0 Å². The van der Waals surface area contributed by atoms with Crippen molar-refractivity contribution in [2.24, 2.45) is 0 Å². The second-order valence-corrected chi connectivity index (χ2v) is 4.80. The van der Waals surface area contributed by atoms with Crippen LogP contribution >= 0.6 is 0 Å². The quantitative estimate of drug-likeness (QED) is 0.878. The summed E-state index contributed by atoms with van der Waals surface area (Å²) in [5.74, 6) is 0. The molecule has 0 amide bonds. The zero-order valence-corrected chi connectivity index (χ0v) is 11.7. The fraction of sp³-hybridized carbons (Fsp3) is 0.312. The lowest BCUT2D eigenvalue weighted by Gasteiger charge is -2.19. The second-order valence-electron chi connectivity index (χ2n) is 4.80. The van der Waals surface area contributed by atoms with Crippen molar-refractivity contribution in [2.75, 3.05) is 13.1 Å². The van der Waals surface area contributed by atoms with Crippen molar-refractivity contribution >= 4 is 10.9 Å². The number of hydrogen-bond donors (Lipinski definition) is 1. The highest BCUT2D eigenvalue weighted by atomic mass is 16.1. The molecule has 1 aromatic heterocycles. The lowest BCUT2D eigenvalue weighted by molar-refractivity contribution is 0.277. The Hall–Kier alpha value is -2.63. The van der Waals surface area contributed by atoms with Crippen LogP contribution in [0.1, 0.15) is 18.4 Å². The third-order valence-electron chi connectivity index (χ3n) is 3.30. The van der Waals surface area contributed by atoms with E-state index in [1.54, 1.807) is 0 Å². The number of nitrogens with one attached hydrogen (secondary N) is 1. The number of nitriles is 2. The molecule has 2 aromatic rings. The molecule has 106 valence electrons. The molecule has 0 radical (unpaired) electrons. The van der Waals surface area contributed by atoms with Crippen molar-refractivity contribution in [3.05, 3.63) is 46.2 Å². The summed E-state index contributed by atoms with van der Waals surface area (Å²) in [6.07, 6.45) is 0.772. The molecule has 1 N–H and O–H groups in total. The molecule has 1 aromatic carbocycles. The van der Waals surface area contributed by atoms with E-state index in [0.29, 0.717) is 38.0 Å². The van der Waals surface area contributed by atoms with Crippen LogP contribution < -0.4 is 5.56 Å².